The molecule has 1 aliphatic heterocycles. The number of H-pyrrole nitrogens is 2. The number of ether oxygens (including phenoxy) is 1. The van der Waals surface area contributed by atoms with Crippen molar-refractivity contribution in [1.82, 2.24) is 25.1 Å². The minimum absolute atomic E-state index is 0.168. The third-order valence-electron chi connectivity index (χ3n) is 6.16. The van der Waals surface area contributed by atoms with Gasteiger partial charge in [0.25, 0.3) is 5.91 Å². The summed E-state index contributed by atoms with van der Waals surface area (Å²) in [4.78, 5) is 23.4. The van der Waals surface area contributed by atoms with Gasteiger partial charge in [0.05, 0.1) is 22.9 Å². The molecule has 170 valence electrons. The quantitative estimate of drug-likeness (QED) is 0.395. The monoisotopic (exact) mass is 444 g/mol. The first kappa shape index (κ1) is 21.2. The Kier molecular flexibility index (Phi) is 5.83. The van der Waals surface area contributed by atoms with Crippen LogP contribution >= 0.6 is 0 Å². The zero-order valence-electron chi connectivity index (χ0n) is 18.9. The maximum atomic E-state index is 12.9. The first-order valence-corrected chi connectivity index (χ1v) is 11.3. The molecule has 0 atom stereocenters. The summed E-state index contributed by atoms with van der Waals surface area (Å²) in [6.07, 6.45) is 4.16. The van der Waals surface area contributed by atoms with Gasteiger partial charge in [0.1, 0.15) is 18.1 Å². The SMILES string of the molecule is Cc1cccc(C)c1C(=O)Nc1cn[nH]c1-c1nc2ccc(OCCN3CCCC3)cc2[nH]1. The Hall–Kier alpha value is -3.65. The lowest BCUT2D eigenvalue weighted by molar-refractivity contribution is 0.102. The third-order valence-corrected chi connectivity index (χ3v) is 6.16. The van der Waals surface area contributed by atoms with Crippen LogP contribution in [-0.4, -0.2) is 57.2 Å². The predicted octanol–water partition coefficient (Wildman–Crippen LogP) is 4.30. The summed E-state index contributed by atoms with van der Waals surface area (Å²) in [5.74, 6) is 1.25. The first-order chi connectivity index (χ1) is 16.1. The number of anilines is 1. The molecule has 33 heavy (non-hydrogen) atoms. The molecule has 0 unspecified atom stereocenters. The molecule has 0 radical (unpaired) electrons. The molecule has 1 aliphatic rings. The zero-order chi connectivity index (χ0) is 22.8. The van der Waals surface area contributed by atoms with E-state index in [2.05, 4.69) is 30.4 Å². The lowest BCUT2D eigenvalue weighted by atomic mass is 10.0. The number of benzene rings is 2. The first-order valence-electron chi connectivity index (χ1n) is 11.3. The standard InChI is InChI=1S/C25H28N6O2/c1-16-6-5-7-17(2)22(16)25(32)29-21-15-26-30-23(21)24-27-19-9-8-18(14-20(19)28-24)33-13-12-31-10-3-4-11-31/h5-9,14-15H,3-4,10-13H2,1-2H3,(H,26,30)(H,27,28)(H,29,32). The van der Waals surface area contributed by atoms with Crippen molar-refractivity contribution in [2.45, 2.75) is 26.7 Å². The molecule has 2 aromatic heterocycles. The topological polar surface area (TPSA) is 98.9 Å². The Morgan fingerprint density at radius 3 is 2.73 bits per heavy atom. The van der Waals surface area contributed by atoms with Gasteiger partial charge in [0.2, 0.25) is 0 Å². The van der Waals surface area contributed by atoms with E-state index in [1.54, 1.807) is 6.20 Å². The van der Waals surface area contributed by atoms with Crippen molar-refractivity contribution in [2.24, 2.45) is 0 Å². The zero-order valence-corrected chi connectivity index (χ0v) is 18.9. The van der Waals surface area contributed by atoms with Gasteiger partial charge in [0.15, 0.2) is 5.82 Å². The number of aromatic nitrogens is 4. The molecule has 4 aromatic rings. The molecule has 5 rings (SSSR count). The van der Waals surface area contributed by atoms with Crippen LogP contribution < -0.4 is 10.1 Å². The predicted molar refractivity (Wildman–Crippen MR) is 129 cm³/mol. The highest BCUT2D eigenvalue weighted by atomic mass is 16.5. The molecule has 3 N–H and O–H groups in total. The molecular formula is C25H28N6O2. The molecule has 2 aromatic carbocycles. The van der Waals surface area contributed by atoms with E-state index in [0.29, 0.717) is 29.4 Å². The number of fused-ring (bicyclic) bond motifs is 1. The average molecular weight is 445 g/mol. The van der Waals surface area contributed by atoms with Gasteiger partial charge in [-0.15, -0.1) is 0 Å². The number of nitrogens with zero attached hydrogens (tertiary/aromatic N) is 3. The van der Waals surface area contributed by atoms with Crippen LogP contribution in [0.15, 0.2) is 42.6 Å². The Morgan fingerprint density at radius 1 is 1.15 bits per heavy atom. The second-order valence-electron chi connectivity index (χ2n) is 8.54. The molecular weight excluding hydrogens is 416 g/mol. The van der Waals surface area contributed by atoms with E-state index in [9.17, 15) is 4.79 Å². The summed E-state index contributed by atoms with van der Waals surface area (Å²) >= 11 is 0. The van der Waals surface area contributed by atoms with Crippen molar-refractivity contribution < 1.29 is 9.53 Å². The number of aromatic amines is 2. The third kappa shape index (κ3) is 4.47. The van der Waals surface area contributed by atoms with Gasteiger partial charge in [-0.25, -0.2) is 4.98 Å². The largest absolute Gasteiger partial charge is 0.492 e. The van der Waals surface area contributed by atoms with Crippen LogP contribution in [0.2, 0.25) is 0 Å². The molecule has 0 bridgehead atoms. The minimum atomic E-state index is -0.168. The summed E-state index contributed by atoms with van der Waals surface area (Å²) in [7, 11) is 0. The summed E-state index contributed by atoms with van der Waals surface area (Å²) in [6.45, 7) is 7.81. The molecule has 1 fully saturated rings. The van der Waals surface area contributed by atoms with E-state index in [4.69, 9.17) is 4.74 Å². The van der Waals surface area contributed by atoms with Crippen LogP contribution in [0.25, 0.3) is 22.6 Å². The number of carbonyl (C=O) groups is 1. The molecule has 8 nitrogen and oxygen atoms in total. The van der Waals surface area contributed by atoms with E-state index in [0.717, 1.165) is 34.5 Å². The number of carbonyl (C=O) groups excluding carboxylic acids is 1. The number of amides is 1. The highest BCUT2D eigenvalue weighted by Gasteiger charge is 2.18. The molecule has 8 heteroatoms. The maximum Gasteiger partial charge on any atom is 0.256 e. The fourth-order valence-corrected chi connectivity index (χ4v) is 4.41. The number of imidazole rings is 1. The van der Waals surface area contributed by atoms with E-state index in [1.807, 2.05) is 50.2 Å². The van der Waals surface area contributed by atoms with Crippen LogP contribution in [0.5, 0.6) is 5.75 Å². The van der Waals surface area contributed by atoms with Crippen LogP contribution in [0.1, 0.15) is 34.3 Å². The van der Waals surface area contributed by atoms with Gasteiger partial charge in [0, 0.05) is 18.2 Å². The second kappa shape index (κ2) is 9.07. The maximum absolute atomic E-state index is 12.9. The number of hydrogen-bond donors (Lipinski definition) is 3. The van der Waals surface area contributed by atoms with Crippen molar-refractivity contribution in [3.8, 4) is 17.3 Å². The van der Waals surface area contributed by atoms with E-state index < -0.39 is 0 Å². The molecule has 1 saturated heterocycles. The van der Waals surface area contributed by atoms with Gasteiger partial charge in [-0.05, 0) is 63.0 Å². The van der Waals surface area contributed by atoms with Gasteiger partial charge in [-0.3, -0.25) is 14.8 Å². The lowest BCUT2D eigenvalue weighted by Crippen LogP contribution is -2.25. The fourth-order valence-electron chi connectivity index (χ4n) is 4.41. The van der Waals surface area contributed by atoms with Gasteiger partial charge >= 0.3 is 0 Å². The van der Waals surface area contributed by atoms with Crippen LogP contribution in [-0.2, 0) is 0 Å². The summed E-state index contributed by atoms with van der Waals surface area (Å²) < 4.78 is 5.96. The van der Waals surface area contributed by atoms with E-state index in [-0.39, 0.29) is 5.91 Å². The number of hydrogen-bond acceptors (Lipinski definition) is 5. The van der Waals surface area contributed by atoms with Crippen molar-refractivity contribution in [2.75, 3.05) is 31.6 Å². The minimum Gasteiger partial charge on any atom is -0.492 e. The Labute approximate surface area is 192 Å². The molecule has 1 amide bonds. The van der Waals surface area contributed by atoms with Gasteiger partial charge in [-0.1, -0.05) is 18.2 Å². The summed E-state index contributed by atoms with van der Waals surface area (Å²) in [5, 5.41) is 10.1. The van der Waals surface area contributed by atoms with Crippen LogP contribution in [0.3, 0.4) is 0 Å². The van der Waals surface area contributed by atoms with Crippen LogP contribution in [0, 0.1) is 13.8 Å². The van der Waals surface area contributed by atoms with Crippen molar-refractivity contribution in [3.63, 3.8) is 0 Å². The summed E-state index contributed by atoms with van der Waals surface area (Å²) in [6, 6.07) is 11.6. The molecule has 0 spiro atoms. The fraction of sp³-hybridized carbons (Fsp3) is 0.320. The highest BCUT2D eigenvalue weighted by Crippen LogP contribution is 2.28. The van der Waals surface area contributed by atoms with Crippen LogP contribution in [0.4, 0.5) is 5.69 Å². The summed E-state index contributed by atoms with van der Waals surface area (Å²) in [5.41, 5.74) is 5.41. The van der Waals surface area contributed by atoms with Gasteiger partial charge < -0.3 is 15.0 Å². The number of nitrogens with one attached hydrogen (secondary N) is 3. The van der Waals surface area contributed by atoms with Crippen molar-refractivity contribution in [3.05, 3.63) is 59.3 Å². The van der Waals surface area contributed by atoms with Gasteiger partial charge in [-0.2, -0.15) is 5.10 Å². The average Bonchev–Trinajstić information content (AvgIpc) is 3.54. The highest BCUT2D eigenvalue weighted by molar-refractivity contribution is 6.07. The number of aryl methyl sites for hydroxylation is 2. The van der Waals surface area contributed by atoms with E-state index >= 15 is 0 Å². The Bertz CT molecular complexity index is 1270. The Balaban J connectivity index is 1.32. The number of rotatable bonds is 7. The molecule has 0 aliphatic carbocycles. The smallest absolute Gasteiger partial charge is 0.256 e. The van der Waals surface area contributed by atoms with Crippen molar-refractivity contribution >= 4 is 22.6 Å². The van der Waals surface area contributed by atoms with Crippen molar-refractivity contribution in [1.29, 1.82) is 0 Å². The molecule has 0 saturated carbocycles. The van der Waals surface area contributed by atoms with E-state index in [1.165, 1.54) is 25.9 Å². The molecule has 3 heterocycles. The Morgan fingerprint density at radius 2 is 1.94 bits per heavy atom. The normalized spacial score (nSPS) is 14.1. The number of likely N-dealkylation sites (tertiary alicyclic amines) is 1. The lowest BCUT2D eigenvalue weighted by Gasteiger charge is -2.14. The second-order valence-corrected chi connectivity index (χ2v) is 8.54.